The van der Waals surface area contributed by atoms with Gasteiger partial charge in [0.25, 0.3) is 0 Å². The normalized spacial score (nSPS) is 12.7. The van der Waals surface area contributed by atoms with Crippen LogP contribution in [0.15, 0.2) is 18.5 Å². The first-order chi connectivity index (χ1) is 8.63. The molecule has 18 heavy (non-hydrogen) atoms. The summed E-state index contributed by atoms with van der Waals surface area (Å²) >= 11 is 6.21. The second-order valence-corrected chi connectivity index (χ2v) is 4.44. The molecule has 3 N–H and O–H groups in total. The van der Waals surface area contributed by atoms with Crippen molar-refractivity contribution < 1.29 is 0 Å². The zero-order valence-electron chi connectivity index (χ0n) is 10.3. The van der Waals surface area contributed by atoms with E-state index in [0.29, 0.717) is 11.6 Å². The minimum atomic E-state index is -0.0686. The third-order valence-electron chi connectivity index (χ3n) is 2.89. The molecule has 2 aromatic rings. The average Bonchev–Trinajstić information content (AvgIpc) is 2.62. The molecule has 1 atom stereocenters. The summed E-state index contributed by atoms with van der Waals surface area (Å²) in [5, 5.41) is 12.5. The predicted octanol–water partition coefficient (Wildman–Crippen LogP) is 0.919. The molecule has 0 saturated heterocycles. The van der Waals surface area contributed by atoms with E-state index in [1.165, 1.54) is 0 Å². The lowest BCUT2D eigenvalue weighted by Crippen LogP contribution is -2.29. The van der Waals surface area contributed by atoms with Crippen molar-refractivity contribution in [2.75, 3.05) is 0 Å². The molecule has 6 nitrogen and oxygen atoms in total. The van der Waals surface area contributed by atoms with E-state index in [4.69, 9.17) is 17.4 Å². The highest BCUT2D eigenvalue weighted by molar-refractivity contribution is 6.30. The number of aromatic nitrogens is 4. The third kappa shape index (κ3) is 2.50. The Morgan fingerprint density at radius 3 is 2.78 bits per heavy atom. The zero-order chi connectivity index (χ0) is 13.1. The maximum Gasteiger partial charge on any atom is 0.130 e. The summed E-state index contributed by atoms with van der Waals surface area (Å²) in [6.07, 6.45) is 3.97. The Morgan fingerprint density at radius 1 is 1.50 bits per heavy atom. The fourth-order valence-electron chi connectivity index (χ4n) is 1.89. The molecule has 0 fully saturated rings. The largest absolute Gasteiger partial charge is 0.271 e. The van der Waals surface area contributed by atoms with Gasteiger partial charge in [0.05, 0.1) is 17.9 Å². The topological polar surface area (TPSA) is 81.7 Å². The van der Waals surface area contributed by atoms with Gasteiger partial charge in [0, 0.05) is 18.8 Å². The predicted molar refractivity (Wildman–Crippen MR) is 68.8 cm³/mol. The smallest absolute Gasteiger partial charge is 0.130 e. The van der Waals surface area contributed by atoms with Crippen LogP contribution in [0.2, 0.25) is 5.15 Å². The van der Waals surface area contributed by atoms with Crippen molar-refractivity contribution in [3.05, 3.63) is 40.4 Å². The van der Waals surface area contributed by atoms with Gasteiger partial charge >= 0.3 is 0 Å². The van der Waals surface area contributed by atoms with Crippen LogP contribution >= 0.6 is 11.6 Å². The molecule has 0 saturated carbocycles. The molecule has 0 aliphatic carbocycles. The van der Waals surface area contributed by atoms with Crippen LogP contribution in [0.1, 0.15) is 22.9 Å². The Morgan fingerprint density at radius 2 is 2.28 bits per heavy atom. The lowest BCUT2D eigenvalue weighted by atomic mass is 10.0. The van der Waals surface area contributed by atoms with Crippen molar-refractivity contribution >= 4 is 11.6 Å². The van der Waals surface area contributed by atoms with Gasteiger partial charge < -0.3 is 0 Å². The molecular weight excluding hydrogens is 252 g/mol. The van der Waals surface area contributed by atoms with Crippen LogP contribution in [0, 0.1) is 6.92 Å². The molecule has 0 amide bonds. The van der Waals surface area contributed by atoms with Gasteiger partial charge in [-0.2, -0.15) is 15.3 Å². The summed E-state index contributed by atoms with van der Waals surface area (Å²) in [5.41, 5.74) is 5.62. The van der Waals surface area contributed by atoms with Crippen LogP contribution in [0.25, 0.3) is 0 Å². The highest BCUT2D eigenvalue weighted by Crippen LogP contribution is 2.24. The third-order valence-corrected chi connectivity index (χ3v) is 3.36. The van der Waals surface area contributed by atoms with Gasteiger partial charge in [-0.3, -0.25) is 16.0 Å². The minimum absolute atomic E-state index is 0.0686. The summed E-state index contributed by atoms with van der Waals surface area (Å²) in [6, 6.07) is 1.80. The molecule has 2 aromatic heterocycles. The lowest BCUT2D eigenvalue weighted by molar-refractivity contribution is 0.547. The van der Waals surface area contributed by atoms with E-state index in [1.807, 2.05) is 20.0 Å². The van der Waals surface area contributed by atoms with Crippen LogP contribution in [-0.4, -0.2) is 20.0 Å². The van der Waals surface area contributed by atoms with Crippen LogP contribution in [0.3, 0.4) is 0 Å². The first kappa shape index (κ1) is 12.9. The first-order valence-corrected chi connectivity index (χ1v) is 5.92. The van der Waals surface area contributed by atoms with Gasteiger partial charge in [0.1, 0.15) is 5.15 Å². The van der Waals surface area contributed by atoms with Crippen molar-refractivity contribution in [1.82, 2.24) is 25.4 Å². The molecule has 7 heteroatoms. The SMILES string of the molecule is Cc1nn(C)c(Cl)c1CC(NN)c1ccnnc1. The fourth-order valence-corrected chi connectivity index (χ4v) is 2.14. The molecule has 2 heterocycles. The fraction of sp³-hybridized carbons (Fsp3) is 0.364. The molecule has 2 rings (SSSR count). The highest BCUT2D eigenvalue weighted by atomic mass is 35.5. The molecule has 1 unspecified atom stereocenters. The Kier molecular flexibility index (Phi) is 3.90. The molecule has 0 aromatic carbocycles. The molecule has 96 valence electrons. The number of hydrogen-bond donors (Lipinski definition) is 2. The van der Waals surface area contributed by atoms with Gasteiger partial charge in [-0.25, -0.2) is 0 Å². The molecular formula is C11H15ClN6. The first-order valence-electron chi connectivity index (χ1n) is 5.54. The van der Waals surface area contributed by atoms with Crippen LogP contribution in [-0.2, 0) is 13.5 Å². The zero-order valence-corrected chi connectivity index (χ0v) is 11.0. The van der Waals surface area contributed by atoms with Gasteiger partial charge in [-0.05, 0) is 25.0 Å². The van der Waals surface area contributed by atoms with E-state index in [9.17, 15) is 0 Å². The number of hydrazine groups is 1. The average molecular weight is 267 g/mol. The second kappa shape index (κ2) is 5.43. The summed E-state index contributed by atoms with van der Waals surface area (Å²) in [6.45, 7) is 1.93. The molecule has 0 aliphatic heterocycles. The van der Waals surface area contributed by atoms with Crippen LogP contribution in [0.4, 0.5) is 0 Å². The number of nitrogens with one attached hydrogen (secondary N) is 1. The standard InChI is InChI=1S/C11H15ClN6/c1-7-9(11(12)18(2)17-7)5-10(16-13)8-3-4-14-15-6-8/h3-4,6,10,16H,5,13H2,1-2H3. The van der Waals surface area contributed by atoms with Crippen molar-refractivity contribution in [2.24, 2.45) is 12.9 Å². The van der Waals surface area contributed by atoms with E-state index in [1.54, 1.807) is 17.1 Å². The Bertz CT molecular complexity index is 524. The van der Waals surface area contributed by atoms with Crippen molar-refractivity contribution in [3.8, 4) is 0 Å². The second-order valence-electron chi connectivity index (χ2n) is 4.08. The van der Waals surface area contributed by atoms with Crippen LogP contribution < -0.4 is 11.3 Å². The van der Waals surface area contributed by atoms with E-state index < -0.39 is 0 Å². The van der Waals surface area contributed by atoms with Gasteiger partial charge in [0.2, 0.25) is 0 Å². The quantitative estimate of drug-likeness (QED) is 0.635. The monoisotopic (exact) mass is 266 g/mol. The Labute approximate surface area is 110 Å². The number of halogens is 1. The minimum Gasteiger partial charge on any atom is -0.271 e. The summed E-state index contributed by atoms with van der Waals surface area (Å²) in [4.78, 5) is 0. The van der Waals surface area contributed by atoms with Crippen molar-refractivity contribution in [1.29, 1.82) is 0 Å². The number of aryl methyl sites for hydroxylation is 2. The number of nitrogens with zero attached hydrogens (tertiary/aromatic N) is 4. The lowest BCUT2D eigenvalue weighted by Gasteiger charge is -2.15. The van der Waals surface area contributed by atoms with Gasteiger partial charge in [-0.15, -0.1) is 0 Å². The van der Waals surface area contributed by atoms with Gasteiger partial charge in [-0.1, -0.05) is 11.6 Å². The number of nitrogens with two attached hydrogens (primary N) is 1. The van der Waals surface area contributed by atoms with Gasteiger partial charge in [0.15, 0.2) is 0 Å². The van der Waals surface area contributed by atoms with Crippen molar-refractivity contribution in [3.63, 3.8) is 0 Å². The Balaban J connectivity index is 2.26. The van der Waals surface area contributed by atoms with E-state index in [2.05, 4.69) is 20.7 Å². The molecule has 0 spiro atoms. The van der Waals surface area contributed by atoms with Crippen LogP contribution in [0.5, 0.6) is 0 Å². The molecule has 0 aliphatic rings. The summed E-state index contributed by atoms with van der Waals surface area (Å²) in [5.74, 6) is 5.59. The van der Waals surface area contributed by atoms with E-state index >= 15 is 0 Å². The maximum atomic E-state index is 6.21. The molecule has 0 radical (unpaired) electrons. The van der Waals surface area contributed by atoms with E-state index in [0.717, 1.165) is 16.8 Å². The van der Waals surface area contributed by atoms with E-state index in [-0.39, 0.29) is 6.04 Å². The summed E-state index contributed by atoms with van der Waals surface area (Å²) < 4.78 is 1.66. The Hall–Kier alpha value is -1.50. The number of rotatable bonds is 4. The molecule has 0 bridgehead atoms. The number of hydrogen-bond acceptors (Lipinski definition) is 5. The highest BCUT2D eigenvalue weighted by Gasteiger charge is 2.17. The summed E-state index contributed by atoms with van der Waals surface area (Å²) in [7, 11) is 1.82. The maximum absolute atomic E-state index is 6.21. The van der Waals surface area contributed by atoms with Crippen molar-refractivity contribution in [2.45, 2.75) is 19.4 Å².